The van der Waals surface area contributed by atoms with E-state index in [-0.39, 0.29) is 6.61 Å². The van der Waals surface area contributed by atoms with E-state index in [0.29, 0.717) is 12.0 Å². The number of aliphatic hydroxyl groups is 1. The van der Waals surface area contributed by atoms with Crippen LogP contribution in [0.3, 0.4) is 0 Å². The number of aliphatic hydroxyl groups excluding tert-OH is 1. The Hall–Kier alpha value is -1.26. The van der Waals surface area contributed by atoms with Crippen molar-refractivity contribution in [2.45, 2.75) is 25.3 Å². The lowest BCUT2D eigenvalue weighted by Gasteiger charge is -2.19. The van der Waals surface area contributed by atoms with E-state index in [4.69, 9.17) is 14.6 Å². The highest BCUT2D eigenvalue weighted by molar-refractivity contribution is 5.48. The normalized spacial score (nSPS) is 23.6. The molecule has 1 aromatic rings. The fourth-order valence-corrected chi connectivity index (χ4v) is 3.00. The number of para-hydroxylation sites is 1. The van der Waals surface area contributed by atoms with E-state index in [0.717, 1.165) is 31.0 Å². The maximum atomic E-state index is 9.10. The van der Waals surface area contributed by atoms with Crippen molar-refractivity contribution in [1.29, 1.82) is 0 Å². The zero-order chi connectivity index (χ0) is 13.8. The number of methoxy groups -OCH3 is 2. The molecule has 0 spiro atoms. The van der Waals surface area contributed by atoms with Crippen LogP contribution in [0.4, 0.5) is 0 Å². The molecule has 2 rings (SSSR count). The Morgan fingerprint density at radius 2 is 2.11 bits per heavy atom. The summed E-state index contributed by atoms with van der Waals surface area (Å²) in [5.41, 5.74) is 1.20. The van der Waals surface area contributed by atoms with Crippen molar-refractivity contribution in [3.05, 3.63) is 23.8 Å². The van der Waals surface area contributed by atoms with Crippen LogP contribution in [-0.4, -0.2) is 50.0 Å². The van der Waals surface area contributed by atoms with Crippen molar-refractivity contribution in [2.75, 3.05) is 33.9 Å². The first kappa shape index (κ1) is 14.2. The summed E-state index contributed by atoms with van der Waals surface area (Å²) in [6, 6.07) is 6.54. The molecule has 0 bridgehead atoms. The Balaban J connectivity index is 2.23. The molecular formula is C15H23NO3. The maximum absolute atomic E-state index is 9.10. The Morgan fingerprint density at radius 3 is 2.74 bits per heavy atom. The summed E-state index contributed by atoms with van der Waals surface area (Å²) < 4.78 is 10.9. The highest BCUT2D eigenvalue weighted by atomic mass is 16.5. The fourth-order valence-electron chi connectivity index (χ4n) is 3.00. The first-order valence-electron chi connectivity index (χ1n) is 6.77. The summed E-state index contributed by atoms with van der Waals surface area (Å²) in [5.74, 6) is 2.06. The lowest BCUT2D eigenvalue weighted by Crippen LogP contribution is -2.29. The summed E-state index contributed by atoms with van der Waals surface area (Å²) in [4.78, 5) is 2.32. The second-order valence-electron chi connectivity index (χ2n) is 5.08. The van der Waals surface area contributed by atoms with Gasteiger partial charge in [-0.25, -0.2) is 0 Å². The van der Waals surface area contributed by atoms with Gasteiger partial charge in [-0.1, -0.05) is 12.1 Å². The number of β-amino-alcohol motifs (C(OH)–C–C–N with tert-alkyl or cyclic N) is 1. The van der Waals surface area contributed by atoms with E-state index in [9.17, 15) is 0 Å². The molecular weight excluding hydrogens is 242 g/mol. The molecule has 4 nitrogen and oxygen atoms in total. The van der Waals surface area contributed by atoms with Gasteiger partial charge in [-0.05, 0) is 19.4 Å². The van der Waals surface area contributed by atoms with Crippen molar-refractivity contribution in [1.82, 2.24) is 4.90 Å². The SMILES string of the molecule is COc1cccc(C2CC(C)N(CCO)C2)c1OC. The molecule has 106 valence electrons. The van der Waals surface area contributed by atoms with Gasteiger partial charge in [-0.3, -0.25) is 4.90 Å². The van der Waals surface area contributed by atoms with Crippen LogP contribution in [0.5, 0.6) is 11.5 Å². The summed E-state index contributed by atoms with van der Waals surface area (Å²) in [6.45, 7) is 4.13. The van der Waals surface area contributed by atoms with E-state index in [1.807, 2.05) is 12.1 Å². The van der Waals surface area contributed by atoms with Crippen molar-refractivity contribution >= 4 is 0 Å². The molecule has 4 heteroatoms. The number of benzene rings is 1. The second kappa shape index (κ2) is 6.26. The van der Waals surface area contributed by atoms with Crippen LogP contribution >= 0.6 is 0 Å². The molecule has 2 unspecified atom stereocenters. The topological polar surface area (TPSA) is 41.9 Å². The predicted octanol–water partition coefficient (Wildman–Crippen LogP) is 1.87. The molecule has 1 N–H and O–H groups in total. The zero-order valence-corrected chi connectivity index (χ0v) is 11.9. The maximum Gasteiger partial charge on any atom is 0.164 e. The molecule has 1 aliphatic heterocycles. The van der Waals surface area contributed by atoms with Gasteiger partial charge in [0.25, 0.3) is 0 Å². The molecule has 0 amide bonds. The van der Waals surface area contributed by atoms with Crippen molar-refractivity contribution < 1.29 is 14.6 Å². The molecule has 1 fully saturated rings. The van der Waals surface area contributed by atoms with Crippen molar-refractivity contribution in [2.24, 2.45) is 0 Å². The van der Waals surface area contributed by atoms with Crippen LogP contribution in [0.15, 0.2) is 18.2 Å². The third-order valence-electron chi connectivity index (χ3n) is 3.96. The van der Waals surface area contributed by atoms with Crippen molar-refractivity contribution in [3.63, 3.8) is 0 Å². The molecule has 0 saturated carbocycles. The molecule has 0 radical (unpaired) electrons. The van der Waals surface area contributed by atoms with Gasteiger partial charge in [0.15, 0.2) is 11.5 Å². The number of ether oxygens (including phenoxy) is 2. The molecule has 0 aliphatic carbocycles. The average molecular weight is 265 g/mol. The number of hydrogen-bond acceptors (Lipinski definition) is 4. The Bertz CT molecular complexity index is 422. The lowest BCUT2D eigenvalue weighted by atomic mass is 9.95. The standard InChI is InChI=1S/C15H23NO3/c1-11-9-12(10-16(11)7-8-17)13-5-4-6-14(18-2)15(13)19-3/h4-6,11-12,17H,7-10H2,1-3H3. The number of hydrogen-bond donors (Lipinski definition) is 1. The summed E-state index contributed by atoms with van der Waals surface area (Å²) in [7, 11) is 3.35. The van der Waals surface area contributed by atoms with Gasteiger partial charge in [0.2, 0.25) is 0 Å². The van der Waals surface area contributed by atoms with Gasteiger partial charge in [0, 0.05) is 30.6 Å². The predicted molar refractivity (Wildman–Crippen MR) is 75.0 cm³/mol. The molecule has 1 aliphatic rings. The quantitative estimate of drug-likeness (QED) is 0.882. The average Bonchev–Trinajstić information content (AvgIpc) is 2.79. The minimum Gasteiger partial charge on any atom is -0.493 e. The third-order valence-corrected chi connectivity index (χ3v) is 3.96. The minimum atomic E-state index is 0.215. The highest BCUT2D eigenvalue weighted by Crippen LogP contribution is 2.40. The van der Waals surface area contributed by atoms with Crippen LogP contribution < -0.4 is 9.47 Å². The second-order valence-corrected chi connectivity index (χ2v) is 5.08. The zero-order valence-electron chi connectivity index (χ0n) is 11.9. The van der Waals surface area contributed by atoms with Gasteiger partial charge in [0.05, 0.1) is 20.8 Å². The van der Waals surface area contributed by atoms with Crippen LogP contribution in [0.2, 0.25) is 0 Å². The molecule has 1 aromatic carbocycles. The van der Waals surface area contributed by atoms with E-state index in [2.05, 4.69) is 17.9 Å². The molecule has 1 saturated heterocycles. The minimum absolute atomic E-state index is 0.215. The summed E-state index contributed by atoms with van der Waals surface area (Å²) in [5, 5.41) is 9.10. The molecule has 2 atom stereocenters. The lowest BCUT2D eigenvalue weighted by molar-refractivity contribution is 0.191. The van der Waals surface area contributed by atoms with Crippen LogP contribution in [0, 0.1) is 0 Å². The Labute approximate surface area is 114 Å². The Morgan fingerprint density at radius 1 is 1.32 bits per heavy atom. The highest BCUT2D eigenvalue weighted by Gasteiger charge is 2.31. The molecule has 19 heavy (non-hydrogen) atoms. The monoisotopic (exact) mass is 265 g/mol. The van der Waals surface area contributed by atoms with E-state index < -0.39 is 0 Å². The number of likely N-dealkylation sites (tertiary alicyclic amines) is 1. The largest absolute Gasteiger partial charge is 0.493 e. The molecule has 1 heterocycles. The van der Waals surface area contributed by atoms with Crippen molar-refractivity contribution in [3.8, 4) is 11.5 Å². The van der Waals surface area contributed by atoms with E-state index >= 15 is 0 Å². The van der Waals surface area contributed by atoms with E-state index in [1.165, 1.54) is 5.56 Å². The van der Waals surface area contributed by atoms with Crippen LogP contribution in [-0.2, 0) is 0 Å². The number of rotatable bonds is 5. The smallest absolute Gasteiger partial charge is 0.164 e. The summed E-state index contributed by atoms with van der Waals surface area (Å²) in [6.07, 6.45) is 1.09. The van der Waals surface area contributed by atoms with Gasteiger partial charge in [-0.2, -0.15) is 0 Å². The first-order chi connectivity index (χ1) is 9.21. The number of nitrogens with zero attached hydrogens (tertiary/aromatic N) is 1. The summed E-state index contributed by atoms with van der Waals surface area (Å²) >= 11 is 0. The molecule has 0 aromatic heterocycles. The Kier molecular flexibility index (Phi) is 4.66. The van der Waals surface area contributed by atoms with Gasteiger partial charge >= 0.3 is 0 Å². The van der Waals surface area contributed by atoms with Gasteiger partial charge in [-0.15, -0.1) is 0 Å². The van der Waals surface area contributed by atoms with E-state index in [1.54, 1.807) is 14.2 Å². The van der Waals surface area contributed by atoms with Gasteiger partial charge in [0.1, 0.15) is 0 Å². The fraction of sp³-hybridized carbons (Fsp3) is 0.600. The first-order valence-corrected chi connectivity index (χ1v) is 6.77. The third kappa shape index (κ3) is 2.85. The van der Waals surface area contributed by atoms with Crippen LogP contribution in [0.25, 0.3) is 0 Å². The van der Waals surface area contributed by atoms with Crippen LogP contribution in [0.1, 0.15) is 24.8 Å². The van der Waals surface area contributed by atoms with Gasteiger partial charge < -0.3 is 14.6 Å².